The van der Waals surface area contributed by atoms with Crippen molar-refractivity contribution in [1.82, 2.24) is 4.90 Å². The van der Waals surface area contributed by atoms with Gasteiger partial charge in [-0.15, -0.1) is 0 Å². The number of carboxylic acid groups (broad SMARTS) is 1. The van der Waals surface area contributed by atoms with Gasteiger partial charge in [-0.2, -0.15) is 0 Å². The number of carbonyl (C=O) groups excluding carboxylic acids is 2. The topological polar surface area (TPSA) is 83.9 Å². The molecule has 0 spiro atoms. The Morgan fingerprint density at radius 1 is 1.32 bits per heavy atom. The number of rotatable bonds is 3. The number of cyclic esters (lactones) is 1. The van der Waals surface area contributed by atoms with E-state index in [1.807, 2.05) is 0 Å². The zero-order valence-corrected chi connectivity index (χ0v) is 12.7. The van der Waals surface area contributed by atoms with Crippen LogP contribution in [0.3, 0.4) is 0 Å². The van der Waals surface area contributed by atoms with Crippen LogP contribution in [0.4, 0.5) is 4.79 Å². The van der Waals surface area contributed by atoms with E-state index < -0.39 is 41.9 Å². The van der Waals surface area contributed by atoms with Crippen molar-refractivity contribution < 1.29 is 25.6 Å². The molecule has 1 fully saturated rings. The van der Waals surface area contributed by atoms with Gasteiger partial charge in [0.1, 0.15) is 6.02 Å². The van der Waals surface area contributed by atoms with Gasteiger partial charge in [-0.1, -0.05) is 51.1 Å². The van der Waals surface area contributed by atoms with Crippen LogP contribution in [-0.2, 0) is 9.53 Å². The quantitative estimate of drug-likeness (QED) is 0.685. The first-order valence-electron chi connectivity index (χ1n) is 7.39. The minimum Gasteiger partial charge on any atom is -0.465 e. The number of Topliss-reactive ketones (excluding diaryl/α,β-unsaturated/α-hetero) is 1. The summed E-state index contributed by atoms with van der Waals surface area (Å²) in [5.74, 6) is -1.51. The molecule has 1 N–H and O–H groups in total. The summed E-state index contributed by atoms with van der Waals surface area (Å²) < 4.78 is 13.4. The van der Waals surface area contributed by atoms with Crippen LogP contribution >= 0.6 is 0 Å². The lowest BCUT2D eigenvalue weighted by molar-refractivity contribution is -0.147. The summed E-state index contributed by atoms with van der Waals surface area (Å²) in [7, 11) is 0. The van der Waals surface area contributed by atoms with Gasteiger partial charge < -0.3 is 9.84 Å². The third kappa shape index (κ3) is 3.10. The zero-order chi connectivity index (χ0) is 17.4. The monoisotopic (exact) mass is 306 g/mol. The van der Waals surface area contributed by atoms with Crippen molar-refractivity contribution >= 4 is 17.8 Å². The van der Waals surface area contributed by atoms with Crippen LogP contribution in [0.15, 0.2) is 30.3 Å². The molecule has 1 aromatic carbocycles. The van der Waals surface area contributed by atoms with Crippen molar-refractivity contribution in [1.29, 1.82) is 0 Å². The first-order chi connectivity index (χ1) is 10.6. The van der Waals surface area contributed by atoms with Gasteiger partial charge in [-0.25, -0.2) is 9.59 Å². The molecule has 0 bridgehead atoms. The summed E-state index contributed by atoms with van der Waals surface area (Å²) >= 11 is 0. The molecule has 0 aliphatic carbocycles. The number of ether oxygens (including phenoxy) is 1. The van der Waals surface area contributed by atoms with Crippen molar-refractivity contribution in [3.8, 4) is 0 Å². The van der Waals surface area contributed by atoms with Gasteiger partial charge in [0.15, 0.2) is 12.0 Å². The van der Waals surface area contributed by atoms with Crippen LogP contribution < -0.4 is 0 Å². The molecule has 1 saturated heterocycles. The second-order valence-electron chi connectivity index (χ2n) is 6.19. The van der Waals surface area contributed by atoms with E-state index in [1.165, 1.54) is 0 Å². The first-order valence-corrected chi connectivity index (χ1v) is 6.89. The number of hydrogen-bond donors (Lipinski definition) is 1. The lowest BCUT2D eigenvalue weighted by Crippen LogP contribution is -2.47. The van der Waals surface area contributed by atoms with Crippen LogP contribution in [0, 0.1) is 5.41 Å². The Morgan fingerprint density at radius 3 is 2.41 bits per heavy atom. The molecule has 1 aliphatic heterocycles. The largest absolute Gasteiger partial charge is 0.465 e. The number of carbonyl (C=O) groups is 3. The molecule has 1 amide bonds. The molecule has 0 saturated carbocycles. The molecule has 2 atom stereocenters. The van der Waals surface area contributed by atoms with Gasteiger partial charge in [-0.05, 0) is 0 Å². The fourth-order valence-corrected chi connectivity index (χ4v) is 2.28. The Morgan fingerprint density at radius 2 is 1.91 bits per heavy atom. The highest BCUT2D eigenvalue weighted by molar-refractivity contribution is 6.00. The Balaban J connectivity index is 2.36. The summed E-state index contributed by atoms with van der Waals surface area (Å²) in [5.41, 5.74) is -0.399. The second kappa shape index (κ2) is 5.79. The molecule has 1 aromatic rings. The lowest BCUT2D eigenvalue weighted by Gasteiger charge is -2.32. The Bertz CT molecular complexity index is 640. The van der Waals surface area contributed by atoms with E-state index in [0.717, 1.165) is 0 Å². The van der Waals surface area contributed by atoms with Crippen LogP contribution in [-0.4, -0.2) is 40.1 Å². The van der Waals surface area contributed by atoms with Crippen molar-refractivity contribution in [2.45, 2.75) is 39.4 Å². The van der Waals surface area contributed by atoms with Crippen molar-refractivity contribution in [2.75, 3.05) is 0 Å². The van der Waals surface area contributed by atoms with Crippen LogP contribution in [0.1, 0.15) is 38.9 Å². The van der Waals surface area contributed by atoms with Gasteiger partial charge in [0.25, 0.3) is 0 Å². The summed E-state index contributed by atoms with van der Waals surface area (Å²) in [4.78, 5) is 36.7. The lowest BCUT2D eigenvalue weighted by atomic mass is 9.93. The van der Waals surface area contributed by atoms with Gasteiger partial charge in [-0.3, -0.25) is 9.69 Å². The normalized spacial score (nSPS) is 25.6. The third-order valence-corrected chi connectivity index (χ3v) is 3.35. The minimum atomic E-state index is -2.28. The number of amides is 1. The molecule has 22 heavy (non-hydrogen) atoms. The second-order valence-corrected chi connectivity index (χ2v) is 6.19. The van der Waals surface area contributed by atoms with E-state index in [9.17, 15) is 19.5 Å². The van der Waals surface area contributed by atoms with Crippen molar-refractivity contribution in [3.63, 3.8) is 0 Å². The fourth-order valence-electron chi connectivity index (χ4n) is 2.28. The van der Waals surface area contributed by atoms with E-state index in [1.54, 1.807) is 51.1 Å². The highest BCUT2D eigenvalue weighted by Gasteiger charge is 2.50. The predicted octanol–water partition coefficient (Wildman–Crippen LogP) is 2.54. The summed E-state index contributed by atoms with van der Waals surface area (Å²) in [5, 5.41) is 9.45. The highest BCUT2D eigenvalue weighted by Crippen LogP contribution is 2.33. The van der Waals surface area contributed by atoms with E-state index in [-0.39, 0.29) is 0 Å². The fraction of sp³-hybridized carbons (Fsp3) is 0.438. The molecule has 0 aromatic heterocycles. The third-order valence-electron chi connectivity index (χ3n) is 3.35. The van der Waals surface area contributed by atoms with Gasteiger partial charge in [0.05, 0.1) is 1.37 Å². The Hall–Kier alpha value is -2.37. The van der Waals surface area contributed by atoms with Crippen LogP contribution in [0.2, 0.25) is 0 Å². The number of hydrogen-bond acceptors (Lipinski definition) is 4. The molecule has 1 heterocycles. The zero-order valence-electron chi connectivity index (χ0n) is 13.7. The predicted molar refractivity (Wildman–Crippen MR) is 78.4 cm³/mol. The maximum absolute atomic E-state index is 12.3. The first kappa shape index (κ1) is 14.6. The van der Waals surface area contributed by atoms with E-state index in [2.05, 4.69) is 0 Å². The van der Waals surface area contributed by atoms with E-state index >= 15 is 0 Å². The number of ketones is 1. The minimum absolute atomic E-state index is 0.316. The molecular formula is C16H19NO5. The van der Waals surface area contributed by atoms with Crippen LogP contribution in [0.5, 0.6) is 0 Å². The Kier molecular flexibility index (Phi) is 3.83. The molecule has 0 unspecified atom stereocenters. The summed E-state index contributed by atoms with van der Waals surface area (Å²) in [6.45, 7) is 5.10. The van der Waals surface area contributed by atoms with E-state index in [0.29, 0.717) is 10.5 Å². The SMILES string of the molecule is [2H][C@]1(CC(=O)c2ccccc2)C(=O)O[C@H](C(C)(C)C)N1C(=O)O. The average Bonchev–Trinajstić information content (AvgIpc) is 2.72. The average molecular weight is 306 g/mol. The molecule has 6 heteroatoms. The summed E-state index contributed by atoms with van der Waals surface area (Å²) in [6, 6.07) is 5.87. The number of nitrogens with zero attached hydrogens (tertiary/aromatic N) is 1. The van der Waals surface area contributed by atoms with Gasteiger partial charge >= 0.3 is 12.1 Å². The Labute approximate surface area is 130 Å². The molecule has 2 rings (SSSR count). The maximum atomic E-state index is 12.3. The van der Waals surface area contributed by atoms with Crippen molar-refractivity contribution in [2.24, 2.45) is 5.41 Å². The molecule has 1 aliphatic rings. The van der Waals surface area contributed by atoms with E-state index in [4.69, 9.17) is 6.11 Å². The highest BCUT2D eigenvalue weighted by atomic mass is 16.6. The molecule has 0 radical (unpaired) electrons. The van der Waals surface area contributed by atoms with Crippen LogP contribution in [0.25, 0.3) is 0 Å². The standard InChI is InChI=1S/C16H19NO5/c1-16(2,3)14-17(15(20)21)11(13(19)22-14)9-12(18)10-7-5-4-6-8-10/h4-8,11,14H,9H2,1-3H3,(H,20,21)/t11-,14+/m0/s1/i11D. The molecular weight excluding hydrogens is 286 g/mol. The maximum Gasteiger partial charge on any atom is 0.410 e. The van der Waals surface area contributed by atoms with Gasteiger partial charge in [0, 0.05) is 17.4 Å². The summed E-state index contributed by atoms with van der Waals surface area (Å²) in [6.07, 6.45) is -3.17. The smallest absolute Gasteiger partial charge is 0.410 e. The number of benzene rings is 1. The number of esters is 1. The van der Waals surface area contributed by atoms with Crippen molar-refractivity contribution in [3.05, 3.63) is 35.9 Å². The molecule has 6 nitrogen and oxygen atoms in total. The molecule has 118 valence electrons. The van der Waals surface area contributed by atoms with Gasteiger partial charge in [0.2, 0.25) is 0 Å².